The standard InChI is InChI=1S/C9H18N2O3/c1-4-7(9(13)14)10-8(12)5-6-11(2)3/h7H,4-6H2,1-3H3,(H,10,12)(H,13,14). The Kier molecular flexibility index (Phi) is 5.87. The van der Waals surface area contributed by atoms with Crippen LogP contribution < -0.4 is 5.32 Å². The Bertz CT molecular complexity index is 204. The lowest BCUT2D eigenvalue weighted by Gasteiger charge is -2.13. The van der Waals surface area contributed by atoms with Crippen molar-refractivity contribution in [2.45, 2.75) is 25.8 Å². The molecular formula is C9H18N2O3. The Labute approximate surface area is 84.1 Å². The van der Waals surface area contributed by atoms with E-state index in [0.29, 0.717) is 19.4 Å². The van der Waals surface area contributed by atoms with Crippen molar-refractivity contribution in [1.82, 2.24) is 10.2 Å². The number of nitrogens with zero attached hydrogens (tertiary/aromatic N) is 1. The predicted molar refractivity (Wildman–Crippen MR) is 53.0 cm³/mol. The molecule has 0 radical (unpaired) electrons. The fourth-order valence-electron chi connectivity index (χ4n) is 0.930. The molecule has 0 heterocycles. The highest BCUT2D eigenvalue weighted by Gasteiger charge is 2.16. The van der Waals surface area contributed by atoms with Gasteiger partial charge in [0.15, 0.2) is 0 Å². The van der Waals surface area contributed by atoms with E-state index in [1.807, 2.05) is 19.0 Å². The van der Waals surface area contributed by atoms with Gasteiger partial charge in [-0.2, -0.15) is 0 Å². The van der Waals surface area contributed by atoms with Gasteiger partial charge in [0.2, 0.25) is 5.91 Å². The fourth-order valence-corrected chi connectivity index (χ4v) is 0.930. The van der Waals surface area contributed by atoms with Crippen molar-refractivity contribution in [1.29, 1.82) is 0 Å². The van der Waals surface area contributed by atoms with E-state index in [4.69, 9.17) is 5.11 Å². The number of carbonyl (C=O) groups is 2. The number of carboxylic acids is 1. The van der Waals surface area contributed by atoms with Gasteiger partial charge in [-0.3, -0.25) is 4.79 Å². The van der Waals surface area contributed by atoms with Crippen LogP contribution in [0.4, 0.5) is 0 Å². The number of amides is 1. The number of nitrogens with one attached hydrogen (secondary N) is 1. The summed E-state index contributed by atoms with van der Waals surface area (Å²) in [5, 5.41) is 11.1. The van der Waals surface area contributed by atoms with Gasteiger partial charge in [-0.15, -0.1) is 0 Å². The van der Waals surface area contributed by atoms with E-state index < -0.39 is 12.0 Å². The summed E-state index contributed by atoms with van der Waals surface area (Å²) in [6.07, 6.45) is 0.736. The minimum absolute atomic E-state index is 0.215. The second kappa shape index (κ2) is 6.37. The second-order valence-electron chi connectivity index (χ2n) is 3.42. The Hall–Kier alpha value is -1.10. The van der Waals surface area contributed by atoms with Crippen LogP contribution in [0.5, 0.6) is 0 Å². The Morgan fingerprint density at radius 3 is 2.36 bits per heavy atom. The number of rotatable bonds is 6. The topological polar surface area (TPSA) is 69.6 Å². The van der Waals surface area contributed by atoms with Crippen molar-refractivity contribution in [2.75, 3.05) is 20.6 Å². The SMILES string of the molecule is CCC(NC(=O)CCN(C)C)C(=O)O. The molecule has 0 saturated carbocycles. The van der Waals surface area contributed by atoms with Crippen molar-refractivity contribution in [3.8, 4) is 0 Å². The van der Waals surface area contributed by atoms with E-state index >= 15 is 0 Å². The van der Waals surface area contributed by atoms with Crippen LogP contribution in [0, 0.1) is 0 Å². The summed E-state index contributed by atoms with van der Waals surface area (Å²) in [4.78, 5) is 23.7. The molecule has 0 aromatic heterocycles. The molecule has 0 spiro atoms. The van der Waals surface area contributed by atoms with Crippen LogP contribution in [0.3, 0.4) is 0 Å². The normalized spacial score (nSPS) is 12.6. The van der Waals surface area contributed by atoms with E-state index in [1.165, 1.54) is 0 Å². The summed E-state index contributed by atoms with van der Waals surface area (Å²) >= 11 is 0. The molecule has 0 aliphatic rings. The molecule has 0 rings (SSSR count). The summed E-state index contributed by atoms with van der Waals surface area (Å²) in [5.41, 5.74) is 0. The summed E-state index contributed by atoms with van der Waals surface area (Å²) in [6.45, 7) is 2.35. The maximum atomic E-state index is 11.2. The van der Waals surface area contributed by atoms with Crippen molar-refractivity contribution >= 4 is 11.9 Å². The first-order valence-corrected chi connectivity index (χ1v) is 4.64. The van der Waals surface area contributed by atoms with Crippen LogP contribution in [0.25, 0.3) is 0 Å². The first kappa shape index (κ1) is 12.9. The summed E-state index contributed by atoms with van der Waals surface area (Å²) in [5.74, 6) is -1.20. The van der Waals surface area contributed by atoms with Gasteiger partial charge in [0.05, 0.1) is 0 Å². The molecule has 1 unspecified atom stereocenters. The van der Waals surface area contributed by atoms with E-state index in [2.05, 4.69) is 5.32 Å². The third kappa shape index (κ3) is 5.53. The number of carbonyl (C=O) groups excluding carboxylic acids is 1. The minimum atomic E-state index is -0.981. The molecule has 2 N–H and O–H groups in total. The van der Waals surface area contributed by atoms with E-state index in [-0.39, 0.29) is 5.91 Å². The fraction of sp³-hybridized carbons (Fsp3) is 0.778. The van der Waals surface area contributed by atoms with Gasteiger partial charge in [0.1, 0.15) is 6.04 Å². The molecule has 0 aromatic carbocycles. The van der Waals surface area contributed by atoms with Crippen molar-refractivity contribution in [3.05, 3.63) is 0 Å². The van der Waals surface area contributed by atoms with Crippen molar-refractivity contribution < 1.29 is 14.7 Å². The van der Waals surface area contributed by atoms with Crippen LogP contribution in [-0.4, -0.2) is 48.6 Å². The minimum Gasteiger partial charge on any atom is -0.480 e. The third-order valence-electron chi connectivity index (χ3n) is 1.83. The largest absolute Gasteiger partial charge is 0.480 e. The van der Waals surface area contributed by atoms with Crippen LogP contribution in [0.2, 0.25) is 0 Å². The average Bonchev–Trinajstić information content (AvgIpc) is 2.10. The van der Waals surface area contributed by atoms with Crippen LogP contribution >= 0.6 is 0 Å². The maximum absolute atomic E-state index is 11.2. The van der Waals surface area contributed by atoms with Gasteiger partial charge in [-0.25, -0.2) is 4.79 Å². The number of hydrogen-bond acceptors (Lipinski definition) is 3. The molecular weight excluding hydrogens is 184 g/mol. The lowest BCUT2D eigenvalue weighted by atomic mass is 10.2. The molecule has 0 saturated heterocycles. The van der Waals surface area contributed by atoms with Gasteiger partial charge in [-0.1, -0.05) is 6.92 Å². The highest BCUT2D eigenvalue weighted by atomic mass is 16.4. The molecule has 0 aliphatic carbocycles. The molecule has 0 aliphatic heterocycles. The van der Waals surface area contributed by atoms with Crippen LogP contribution in [0.15, 0.2) is 0 Å². The smallest absolute Gasteiger partial charge is 0.326 e. The zero-order chi connectivity index (χ0) is 11.1. The Balaban J connectivity index is 3.85. The Morgan fingerprint density at radius 2 is 2.00 bits per heavy atom. The van der Waals surface area contributed by atoms with Gasteiger partial charge >= 0.3 is 5.97 Å². The zero-order valence-corrected chi connectivity index (χ0v) is 8.91. The van der Waals surface area contributed by atoms with Crippen LogP contribution in [-0.2, 0) is 9.59 Å². The second-order valence-corrected chi connectivity index (χ2v) is 3.42. The molecule has 82 valence electrons. The molecule has 0 aromatic rings. The first-order chi connectivity index (χ1) is 6.47. The summed E-state index contributed by atoms with van der Waals surface area (Å²) in [6, 6.07) is -0.760. The summed E-state index contributed by atoms with van der Waals surface area (Å²) < 4.78 is 0. The third-order valence-corrected chi connectivity index (χ3v) is 1.83. The molecule has 0 fully saturated rings. The van der Waals surface area contributed by atoms with Gasteiger partial charge in [0, 0.05) is 13.0 Å². The molecule has 0 bridgehead atoms. The number of hydrogen-bond donors (Lipinski definition) is 2. The highest BCUT2D eigenvalue weighted by molar-refractivity contribution is 5.83. The van der Waals surface area contributed by atoms with Crippen molar-refractivity contribution in [2.24, 2.45) is 0 Å². The zero-order valence-electron chi connectivity index (χ0n) is 8.91. The highest BCUT2D eigenvalue weighted by Crippen LogP contribution is 1.92. The first-order valence-electron chi connectivity index (χ1n) is 4.64. The van der Waals surface area contributed by atoms with Crippen molar-refractivity contribution in [3.63, 3.8) is 0 Å². The molecule has 1 amide bonds. The number of aliphatic carboxylic acids is 1. The van der Waals surface area contributed by atoms with Gasteiger partial charge in [-0.05, 0) is 20.5 Å². The van der Waals surface area contributed by atoms with Gasteiger partial charge in [0.25, 0.3) is 0 Å². The molecule has 1 atom stereocenters. The molecule has 5 heteroatoms. The lowest BCUT2D eigenvalue weighted by molar-refractivity contribution is -0.141. The average molecular weight is 202 g/mol. The quantitative estimate of drug-likeness (QED) is 0.632. The van der Waals surface area contributed by atoms with Gasteiger partial charge < -0.3 is 15.3 Å². The van der Waals surface area contributed by atoms with E-state index in [9.17, 15) is 9.59 Å². The number of carboxylic acid groups (broad SMARTS) is 1. The van der Waals surface area contributed by atoms with E-state index in [1.54, 1.807) is 6.92 Å². The Morgan fingerprint density at radius 1 is 1.43 bits per heavy atom. The monoisotopic (exact) mass is 202 g/mol. The van der Waals surface area contributed by atoms with Crippen LogP contribution in [0.1, 0.15) is 19.8 Å². The summed E-state index contributed by atoms with van der Waals surface area (Å²) in [7, 11) is 3.73. The lowest BCUT2D eigenvalue weighted by Crippen LogP contribution is -2.41. The predicted octanol–water partition coefficient (Wildman–Crippen LogP) is -0.0825. The van der Waals surface area contributed by atoms with E-state index in [0.717, 1.165) is 0 Å². The molecule has 5 nitrogen and oxygen atoms in total. The molecule has 14 heavy (non-hydrogen) atoms. The maximum Gasteiger partial charge on any atom is 0.326 e.